The minimum absolute atomic E-state index is 0.110. The number of carbonyl (C=O) groups is 1. The van der Waals surface area contributed by atoms with Gasteiger partial charge in [-0.1, -0.05) is 80.1 Å². The van der Waals surface area contributed by atoms with Crippen LogP contribution in [0.5, 0.6) is 0 Å². The lowest BCUT2D eigenvalue weighted by molar-refractivity contribution is -0.116. The highest BCUT2D eigenvalue weighted by Gasteiger charge is 2.21. The van der Waals surface area contributed by atoms with Crippen molar-refractivity contribution < 1.29 is 4.79 Å². The second kappa shape index (κ2) is 11.2. The van der Waals surface area contributed by atoms with Gasteiger partial charge in [0.25, 0.3) is 5.56 Å². The Hall–Kier alpha value is -4.30. The summed E-state index contributed by atoms with van der Waals surface area (Å²) < 4.78 is 1.51. The number of thiophene rings is 1. The molecule has 3 aromatic heterocycles. The van der Waals surface area contributed by atoms with E-state index in [-0.39, 0.29) is 29.8 Å². The number of aryl methyl sites for hydroxylation is 1. The lowest BCUT2D eigenvalue weighted by atomic mass is 9.88. The first kappa shape index (κ1) is 24.4. The van der Waals surface area contributed by atoms with Crippen LogP contribution in [0.2, 0.25) is 0 Å². The fourth-order valence-corrected chi connectivity index (χ4v) is 5.01. The lowest BCUT2D eigenvalue weighted by Crippen LogP contribution is -2.21. The van der Waals surface area contributed by atoms with Crippen molar-refractivity contribution in [1.29, 1.82) is 0 Å². The minimum atomic E-state index is -0.257. The van der Waals surface area contributed by atoms with Crippen molar-refractivity contribution in [3.8, 4) is 16.5 Å². The van der Waals surface area contributed by atoms with E-state index in [1.54, 1.807) is 11.3 Å². The normalized spacial score (nSPS) is 11.1. The zero-order valence-electron chi connectivity index (χ0n) is 20.4. The van der Waals surface area contributed by atoms with Gasteiger partial charge in [0.2, 0.25) is 11.9 Å². The number of rotatable bonds is 9. The summed E-state index contributed by atoms with van der Waals surface area (Å²) in [6.45, 7) is 2.03. The number of aromatic amines is 1. The number of carbonyl (C=O) groups excluding carboxylic acids is 1. The smallest absolute Gasteiger partial charge is 0.252 e. The van der Waals surface area contributed by atoms with E-state index in [9.17, 15) is 9.59 Å². The molecule has 8 heteroatoms. The van der Waals surface area contributed by atoms with E-state index in [1.165, 1.54) is 10.7 Å². The van der Waals surface area contributed by atoms with Crippen LogP contribution >= 0.6 is 11.3 Å². The fraction of sp³-hybridized carbons (Fsp3) is 0.172. The zero-order chi connectivity index (χ0) is 25.6. The highest BCUT2D eigenvalue weighted by molar-refractivity contribution is 7.13. The van der Waals surface area contributed by atoms with Crippen LogP contribution in [0.1, 0.15) is 42.5 Å². The largest absolute Gasteiger partial charge is 0.310 e. The van der Waals surface area contributed by atoms with Crippen LogP contribution in [0.3, 0.4) is 0 Å². The third kappa shape index (κ3) is 5.76. The Morgan fingerprint density at radius 3 is 2.32 bits per heavy atom. The van der Waals surface area contributed by atoms with Crippen LogP contribution in [-0.2, 0) is 11.2 Å². The van der Waals surface area contributed by atoms with E-state index in [1.807, 2.05) is 91.2 Å². The Labute approximate surface area is 218 Å². The molecule has 5 aromatic rings. The van der Waals surface area contributed by atoms with Gasteiger partial charge in [-0.25, -0.2) is 4.98 Å². The molecule has 0 fully saturated rings. The summed E-state index contributed by atoms with van der Waals surface area (Å²) in [5.74, 6) is 0.451. The molecule has 0 atom stereocenters. The van der Waals surface area contributed by atoms with Crippen molar-refractivity contribution in [2.24, 2.45) is 0 Å². The summed E-state index contributed by atoms with van der Waals surface area (Å²) in [6.07, 6.45) is 1.78. The Kier molecular flexibility index (Phi) is 7.37. The van der Waals surface area contributed by atoms with E-state index in [4.69, 9.17) is 5.10 Å². The topological polar surface area (TPSA) is 92.7 Å². The first-order chi connectivity index (χ1) is 18.1. The quantitative estimate of drug-likeness (QED) is 0.263. The van der Waals surface area contributed by atoms with E-state index >= 15 is 0 Å². The molecule has 186 valence electrons. The number of hydrogen-bond donors (Lipinski definition) is 2. The summed E-state index contributed by atoms with van der Waals surface area (Å²) in [4.78, 5) is 34.1. The Bertz CT molecular complexity index is 1490. The zero-order valence-corrected chi connectivity index (χ0v) is 21.2. The lowest BCUT2D eigenvalue weighted by Gasteiger charge is -2.18. The molecule has 0 bridgehead atoms. The second-order valence-electron chi connectivity index (χ2n) is 8.74. The third-order valence-electron chi connectivity index (χ3n) is 6.03. The number of benzene rings is 2. The maximum atomic E-state index is 13.4. The van der Waals surface area contributed by atoms with Gasteiger partial charge in [-0.05, 0) is 29.0 Å². The van der Waals surface area contributed by atoms with Gasteiger partial charge in [0, 0.05) is 30.2 Å². The molecule has 37 heavy (non-hydrogen) atoms. The van der Waals surface area contributed by atoms with Gasteiger partial charge < -0.3 is 5.32 Å². The average molecular weight is 510 g/mol. The summed E-state index contributed by atoms with van der Waals surface area (Å²) in [6, 6.07) is 27.3. The van der Waals surface area contributed by atoms with Gasteiger partial charge in [0.1, 0.15) is 11.5 Å². The summed E-state index contributed by atoms with van der Waals surface area (Å²) in [5, 5.41) is 9.70. The number of nitrogens with zero attached hydrogens (tertiary/aromatic N) is 3. The van der Waals surface area contributed by atoms with Crippen LogP contribution < -0.4 is 10.9 Å². The molecule has 0 radical (unpaired) electrons. The maximum absolute atomic E-state index is 13.4. The van der Waals surface area contributed by atoms with Crippen molar-refractivity contribution >= 4 is 23.1 Å². The second-order valence-corrected chi connectivity index (χ2v) is 9.69. The predicted octanol–water partition coefficient (Wildman–Crippen LogP) is 5.80. The number of amides is 1. The Morgan fingerprint density at radius 2 is 1.70 bits per heavy atom. The number of hydrogen-bond acceptors (Lipinski definition) is 5. The van der Waals surface area contributed by atoms with Crippen molar-refractivity contribution in [2.45, 2.75) is 32.1 Å². The van der Waals surface area contributed by atoms with Gasteiger partial charge in [-0.2, -0.15) is 9.78 Å². The highest BCUT2D eigenvalue weighted by Crippen LogP contribution is 2.30. The van der Waals surface area contributed by atoms with E-state index in [0.29, 0.717) is 23.6 Å². The van der Waals surface area contributed by atoms with E-state index in [0.717, 1.165) is 22.4 Å². The van der Waals surface area contributed by atoms with Crippen LogP contribution in [0.15, 0.2) is 95.1 Å². The van der Waals surface area contributed by atoms with Crippen LogP contribution in [0, 0.1) is 0 Å². The maximum Gasteiger partial charge on any atom is 0.252 e. The first-order valence-corrected chi connectivity index (χ1v) is 13.1. The molecular formula is C29H27N5O2S. The summed E-state index contributed by atoms with van der Waals surface area (Å²) >= 11 is 1.55. The molecule has 1 amide bonds. The van der Waals surface area contributed by atoms with Gasteiger partial charge >= 0.3 is 0 Å². The van der Waals surface area contributed by atoms with Crippen LogP contribution in [-0.4, -0.2) is 25.7 Å². The number of H-pyrrole nitrogens is 1. The van der Waals surface area contributed by atoms with Gasteiger partial charge in [0.15, 0.2) is 0 Å². The molecule has 0 aliphatic rings. The van der Waals surface area contributed by atoms with Crippen LogP contribution in [0.25, 0.3) is 16.5 Å². The van der Waals surface area contributed by atoms with Gasteiger partial charge in [-0.3, -0.25) is 14.6 Å². The summed E-state index contributed by atoms with van der Waals surface area (Å²) in [5.41, 5.74) is 3.24. The molecule has 7 nitrogen and oxygen atoms in total. The van der Waals surface area contributed by atoms with Crippen molar-refractivity contribution in [1.82, 2.24) is 19.7 Å². The highest BCUT2D eigenvalue weighted by atomic mass is 32.1. The standard InChI is InChI=1S/C29H27N5O2S/c1-2-10-22-17-27(35)32-29(30-22)34-26(19-24(33-34)25-15-9-16-37-25)31-28(36)18-23(20-11-5-3-6-12-20)21-13-7-4-8-14-21/h3-9,11-17,19,23H,2,10,18H2,1H3,(H,31,36)(H,30,32,35). The molecule has 0 aliphatic heterocycles. The molecule has 0 saturated carbocycles. The molecule has 0 saturated heterocycles. The van der Waals surface area contributed by atoms with E-state index in [2.05, 4.69) is 15.3 Å². The number of aromatic nitrogens is 4. The number of anilines is 1. The predicted molar refractivity (Wildman–Crippen MR) is 147 cm³/mol. The van der Waals surface area contributed by atoms with Crippen molar-refractivity contribution in [3.05, 3.63) is 117 Å². The Balaban J connectivity index is 1.49. The van der Waals surface area contributed by atoms with Gasteiger partial charge in [-0.15, -0.1) is 11.3 Å². The molecular weight excluding hydrogens is 482 g/mol. The minimum Gasteiger partial charge on any atom is -0.310 e. The monoisotopic (exact) mass is 509 g/mol. The summed E-state index contributed by atoms with van der Waals surface area (Å²) in [7, 11) is 0. The van der Waals surface area contributed by atoms with Crippen molar-refractivity contribution in [3.63, 3.8) is 0 Å². The molecule has 3 heterocycles. The van der Waals surface area contributed by atoms with Gasteiger partial charge in [0.05, 0.1) is 4.88 Å². The molecule has 0 unspecified atom stereocenters. The molecule has 0 spiro atoms. The fourth-order valence-electron chi connectivity index (χ4n) is 4.33. The van der Waals surface area contributed by atoms with Crippen LogP contribution in [0.4, 0.5) is 5.82 Å². The third-order valence-corrected chi connectivity index (χ3v) is 6.93. The molecule has 5 rings (SSSR count). The number of nitrogens with one attached hydrogen (secondary N) is 2. The first-order valence-electron chi connectivity index (χ1n) is 12.2. The van der Waals surface area contributed by atoms with E-state index < -0.39 is 0 Å². The average Bonchev–Trinajstić information content (AvgIpc) is 3.59. The SMILES string of the molecule is CCCc1cc(=O)[nH]c(-n2nc(-c3cccs3)cc2NC(=O)CC(c2ccccc2)c2ccccc2)n1. The molecule has 0 aliphatic carbocycles. The van der Waals surface area contributed by atoms with Crippen molar-refractivity contribution in [2.75, 3.05) is 5.32 Å². The molecule has 2 N–H and O–H groups in total. The Morgan fingerprint density at radius 1 is 1.00 bits per heavy atom. The molecule has 2 aromatic carbocycles.